The summed E-state index contributed by atoms with van der Waals surface area (Å²) < 4.78 is 5.31. The Hall–Kier alpha value is -3.96. The second-order valence-corrected chi connectivity index (χ2v) is 9.15. The van der Waals surface area contributed by atoms with E-state index in [1.54, 1.807) is 0 Å². The first-order chi connectivity index (χ1) is 16.7. The molecule has 0 bridgehead atoms. The Bertz CT molecular complexity index is 1190. The van der Waals surface area contributed by atoms with E-state index in [1.165, 1.54) is 47.5 Å². The molecule has 1 aliphatic rings. The number of carbonyl (C=O) groups excluding carboxylic acids is 4. The highest BCUT2D eigenvalue weighted by Gasteiger charge is 2.41. The van der Waals surface area contributed by atoms with E-state index in [0.717, 1.165) is 11.3 Å². The summed E-state index contributed by atoms with van der Waals surface area (Å²) in [6.07, 6.45) is 1.02. The topological polar surface area (TPSA) is 172 Å². The van der Waals surface area contributed by atoms with Crippen molar-refractivity contribution in [1.82, 2.24) is 10.2 Å². The van der Waals surface area contributed by atoms with E-state index >= 15 is 0 Å². The van der Waals surface area contributed by atoms with Crippen LogP contribution in [0, 0.1) is 27.5 Å². The molecule has 3 rings (SSSR count). The van der Waals surface area contributed by atoms with Crippen molar-refractivity contribution in [3.63, 3.8) is 0 Å². The molecule has 1 aromatic heterocycles. The Morgan fingerprint density at radius 3 is 2.57 bits per heavy atom. The average molecular weight is 518 g/mol. The lowest BCUT2D eigenvalue weighted by Gasteiger charge is -2.23. The first-order valence-electron chi connectivity index (χ1n) is 10.2. The molecule has 3 amide bonds. The molecule has 1 aromatic carbocycles. The molecule has 1 saturated heterocycles. The highest BCUT2D eigenvalue weighted by Crippen LogP contribution is 2.30. The quantitative estimate of drug-likeness (QED) is 0.158. The predicted octanol–water partition coefficient (Wildman–Crippen LogP) is 2.68. The molecule has 0 aliphatic carbocycles. The summed E-state index contributed by atoms with van der Waals surface area (Å²) in [5.74, 6) is -1.44. The van der Waals surface area contributed by atoms with E-state index in [9.17, 15) is 29.3 Å². The number of likely N-dealkylation sites (tertiary alicyclic amines) is 1. The molecule has 35 heavy (non-hydrogen) atoms. The number of hydrogen-bond acceptors (Lipinski definition) is 9. The average Bonchev–Trinajstić information content (AvgIpc) is 3.45. The first-order valence-corrected chi connectivity index (χ1v) is 11.4. The van der Waals surface area contributed by atoms with Crippen LogP contribution < -0.4 is 10.6 Å². The van der Waals surface area contributed by atoms with Gasteiger partial charge in [0.1, 0.15) is 12.6 Å². The number of nitro benzene ring substituents is 1. The zero-order chi connectivity index (χ0) is 25.5. The molecule has 1 aliphatic heterocycles. The van der Waals surface area contributed by atoms with Gasteiger partial charge in [0.2, 0.25) is 5.91 Å². The fourth-order valence-electron chi connectivity index (χ4n) is 3.55. The van der Waals surface area contributed by atoms with Gasteiger partial charge in [0.15, 0.2) is 11.3 Å². The molecular formula is C21H19N5O7S2. The minimum absolute atomic E-state index is 0.0660. The van der Waals surface area contributed by atoms with Crippen LogP contribution in [-0.2, 0) is 20.9 Å². The van der Waals surface area contributed by atoms with Gasteiger partial charge >= 0.3 is 6.09 Å². The van der Waals surface area contributed by atoms with Crippen molar-refractivity contribution < 1.29 is 28.8 Å². The second-order valence-electron chi connectivity index (χ2n) is 7.56. The van der Waals surface area contributed by atoms with Gasteiger partial charge in [-0.3, -0.25) is 34.7 Å². The van der Waals surface area contributed by atoms with Crippen molar-refractivity contribution in [2.75, 3.05) is 11.9 Å². The smallest absolute Gasteiger partial charge is 0.410 e. The lowest BCUT2D eigenvalue weighted by Crippen LogP contribution is -2.43. The number of hydrogen-bond donors (Lipinski definition) is 3. The van der Waals surface area contributed by atoms with E-state index in [2.05, 4.69) is 17.9 Å². The molecule has 1 fully saturated rings. The molecule has 2 heterocycles. The summed E-state index contributed by atoms with van der Waals surface area (Å²) >= 11 is 4.74. The third-order valence-electron chi connectivity index (χ3n) is 5.14. The Morgan fingerprint density at radius 2 is 1.94 bits per heavy atom. The summed E-state index contributed by atoms with van der Waals surface area (Å²) in [5.41, 5.74) is 0.422. The number of benzene rings is 1. The van der Waals surface area contributed by atoms with Gasteiger partial charge in [0.05, 0.1) is 14.8 Å². The largest absolute Gasteiger partial charge is 0.445 e. The maximum Gasteiger partial charge on any atom is 0.410 e. The zero-order valence-electron chi connectivity index (χ0n) is 18.0. The van der Waals surface area contributed by atoms with Crippen LogP contribution in [0.4, 0.5) is 15.5 Å². The number of ether oxygens (including phenoxy) is 1. The lowest BCUT2D eigenvalue weighted by molar-refractivity contribution is -0.384. The summed E-state index contributed by atoms with van der Waals surface area (Å²) in [4.78, 5) is 60.6. The van der Waals surface area contributed by atoms with Crippen molar-refractivity contribution in [2.24, 2.45) is 5.92 Å². The fourth-order valence-corrected chi connectivity index (χ4v) is 4.62. The van der Waals surface area contributed by atoms with Gasteiger partial charge in [0.25, 0.3) is 11.6 Å². The number of nitrogens with zero attached hydrogens (tertiary/aromatic N) is 3. The number of nitrogens with one attached hydrogen (secondary N) is 2. The van der Waals surface area contributed by atoms with Gasteiger partial charge in [-0.1, -0.05) is 0 Å². The number of anilines is 1. The summed E-state index contributed by atoms with van der Waals surface area (Å²) in [6, 6.07) is 7.50. The Labute approximate surface area is 208 Å². The highest BCUT2D eigenvalue weighted by molar-refractivity contribution is 7.96. The molecule has 2 atom stereocenters. The first kappa shape index (κ1) is 25.7. The van der Waals surface area contributed by atoms with E-state index in [4.69, 9.17) is 10.00 Å². The number of amides is 3. The second kappa shape index (κ2) is 11.4. The minimum Gasteiger partial charge on any atom is -0.445 e. The van der Waals surface area contributed by atoms with Crippen LogP contribution in [-0.4, -0.2) is 45.4 Å². The third-order valence-corrected chi connectivity index (χ3v) is 6.33. The van der Waals surface area contributed by atoms with E-state index in [1.807, 2.05) is 5.32 Å². The standard InChI is InChI=1S/C21H19N5O7S2/c22-11-23-20(29)16-5-6-17(35-16)24-19(28)15-7-13(8-18(27)34)9-25(15)21(30)33-10-12-1-3-14(4-2-12)26(31)32/h1-6,13,15H,7-10H2,(H,23,29)(H,24,28)(H,27,34)/t13-,15-/m0/s1. The van der Waals surface area contributed by atoms with Crippen molar-refractivity contribution >= 4 is 57.7 Å². The number of nitro groups is 1. The van der Waals surface area contributed by atoms with Gasteiger partial charge in [0, 0.05) is 25.1 Å². The maximum atomic E-state index is 13.0. The monoisotopic (exact) mass is 517 g/mol. The van der Waals surface area contributed by atoms with Gasteiger partial charge in [-0.05, 0) is 42.2 Å². The molecule has 2 aromatic rings. The van der Waals surface area contributed by atoms with Gasteiger partial charge in [-0.15, -0.1) is 24.0 Å². The molecule has 14 heteroatoms. The molecule has 0 spiro atoms. The van der Waals surface area contributed by atoms with E-state index in [-0.39, 0.29) is 47.6 Å². The van der Waals surface area contributed by atoms with Crippen molar-refractivity contribution in [3.05, 3.63) is 57.0 Å². The van der Waals surface area contributed by atoms with Crippen molar-refractivity contribution in [2.45, 2.75) is 25.5 Å². The molecule has 12 nitrogen and oxygen atoms in total. The molecular weight excluding hydrogens is 498 g/mol. The van der Waals surface area contributed by atoms with E-state index < -0.39 is 28.9 Å². The van der Waals surface area contributed by atoms with Crippen LogP contribution in [0.3, 0.4) is 0 Å². The summed E-state index contributed by atoms with van der Waals surface area (Å²) in [7, 11) is 0. The Kier molecular flexibility index (Phi) is 8.39. The minimum atomic E-state index is -0.935. The number of carbonyl (C=O) groups is 4. The van der Waals surface area contributed by atoms with Crippen LogP contribution in [0.2, 0.25) is 0 Å². The van der Waals surface area contributed by atoms with Gasteiger partial charge in [-0.2, -0.15) is 5.26 Å². The van der Waals surface area contributed by atoms with Crippen molar-refractivity contribution in [1.29, 1.82) is 5.26 Å². The van der Waals surface area contributed by atoms with Crippen LogP contribution >= 0.6 is 24.0 Å². The predicted molar refractivity (Wildman–Crippen MR) is 127 cm³/mol. The zero-order valence-corrected chi connectivity index (χ0v) is 19.7. The van der Waals surface area contributed by atoms with Gasteiger partial charge < -0.3 is 10.1 Å². The van der Waals surface area contributed by atoms with E-state index in [0.29, 0.717) is 10.6 Å². The van der Waals surface area contributed by atoms with Crippen molar-refractivity contribution in [3.8, 4) is 6.19 Å². The maximum absolute atomic E-state index is 13.0. The number of nitriles is 1. The van der Waals surface area contributed by atoms with Gasteiger partial charge in [-0.25, -0.2) is 4.79 Å². The van der Waals surface area contributed by atoms with Crippen LogP contribution in [0.1, 0.15) is 28.1 Å². The molecule has 0 saturated carbocycles. The molecule has 0 radical (unpaired) electrons. The normalized spacial score (nSPS) is 16.7. The molecule has 182 valence electrons. The van der Waals surface area contributed by atoms with Crippen LogP contribution in [0.15, 0.2) is 36.4 Å². The SMILES string of the molecule is N#CNC(=O)c1ccc(NC(=O)[C@@H]2C[C@@H](CC(=O)S)CN2C(=O)OCc2ccc([N+](=O)[O-])cc2)s1. The number of thiol groups is 1. The lowest BCUT2D eigenvalue weighted by atomic mass is 10.0. The third kappa shape index (κ3) is 6.78. The number of non-ortho nitro benzene ring substituents is 1. The van der Waals surface area contributed by atoms with Crippen LogP contribution in [0.5, 0.6) is 0 Å². The molecule has 0 unspecified atom stereocenters. The van der Waals surface area contributed by atoms with Crippen LogP contribution in [0.25, 0.3) is 0 Å². The summed E-state index contributed by atoms with van der Waals surface area (Å²) in [5, 5.41) is 23.9. The Morgan fingerprint density at radius 1 is 1.23 bits per heavy atom. The number of rotatable bonds is 8. The highest BCUT2D eigenvalue weighted by atomic mass is 32.1. The fraction of sp³-hybridized carbons (Fsp3) is 0.286. The number of thiophene rings is 1. The Balaban J connectivity index is 1.67. The summed E-state index contributed by atoms with van der Waals surface area (Å²) in [6.45, 7) is -0.0656. The molecule has 2 N–H and O–H groups in total.